The van der Waals surface area contributed by atoms with Crippen LogP contribution in [0.15, 0.2) is 84.1 Å². The van der Waals surface area contributed by atoms with Gasteiger partial charge in [-0.15, -0.1) is 0 Å². The Bertz CT molecular complexity index is 2180. The molecule has 3 aromatic heterocycles. The topological polar surface area (TPSA) is 102 Å². The van der Waals surface area contributed by atoms with E-state index in [1.165, 1.54) is 41.1 Å². The fraction of sp³-hybridized carbons (Fsp3) is 0.450. The molecule has 4 aliphatic rings. The number of fused-ring (bicyclic) bond motifs is 3. The minimum absolute atomic E-state index is 0.146. The van der Waals surface area contributed by atoms with Crippen molar-refractivity contribution in [1.29, 1.82) is 0 Å². The first-order valence-electron chi connectivity index (χ1n) is 17.8. The molecule has 9 nitrogen and oxygen atoms in total. The van der Waals surface area contributed by atoms with Crippen LogP contribution < -0.4 is 4.74 Å². The predicted octanol–water partition coefficient (Wildman–Crippen LogP) is 7.40. The van der Waals surface area contributed by atoms with Crippen molar-refractivity contribution in [2.45, 2.75) is 69.0 Å². The van der Waals surface area contributed by atoms with Gasteiger partial charge in [0.15, 0.2) is 0 Å². The van der Waals surface area contributed by atoms with E-state index in [-0.39, 0.29) is 23.7 Å². The van der Waals surface area contributed by atoms with Crippen LogP contribution in [-0.2, 0) is 30.8 Å². The number of hydrogen-bond donors (Lipinski definition) is 0. The molecule has 0 N–H and O–H groups in total. The first-order chi connectivity index (χ1) is 24.2. The van der Waals surface area contributed by atoms with E-state index in [2.05, 4.69) is 51.9 Å². The number of hydrogen-bond acceptors (Lipinski definition) is 8. The van der Waals surface area contributed by atoms with Gasteiger partial charge in [0.2, 0.25) is 5.88 Å². The highest BCUT2D eigenvalue weighted by molar-refractivity contribution is 7.86. The van der Waals surface area contributed by atoms with Crippen molar-refractivity contribution in [2.24, 2.45) is 23.3 Å². The lowest BCUT2D eigenvalue weighted by atomic mass is 9.75. The lowest BCUT2D eigenvalue weighted by Crippen LogP contribution is -2.42. The number of unbranched alkanes of at least 4 members (excludes halogenated alkanes) is 1. The van der Waals surface area contributed by atoms with Crippen molar-refractivity contribution in [3.63, 3.8) is 0 Å². The molecule has 3 heterocycles. The number of ether oxygens (including phenoxy) is 3. The number of benzene rings is 2. The zero-order chi connectivity index (χ0) is 34.1. The maximum Gasteiger partial charge on any atom is 0.296 e. The summed E-state index contributed by atoms with van der Waals surface area (Å²) in [7, 11) is -1.61. The minimum atomic E-state index is -3.70. The zero-order valence-corrected chi connectivity index (χ0v) is 29.5. The summed E-state index contributed by atoms with van der Waals surface area (Å²) in [5.74, 6) is 0.662. The molecule has 3 atom stereocenters. The maximum atomic E-state index is 12.3. The number of aryl methyl sites for hydroxylation is 2. The van der Waals surface area contributed by atoms with Crippen LogP contribution in [0.3, 0.4) is 0 Å². The van der Waals surface area contributed by atoms with Crippen molar-refractivity contribution in [3.05, 3.63) is 84.8 Å². The Morgan fingerprint density at radius 3 is 2.38 bits per heavy atom. The van der Waals surface area contributed by atoms with Crippen LogP contribution in [0.1, 0.15) is 50.5 Å². The number of pyridine rings is 2. The number of aromatic nitrogens is 3. The lowest BCUT2D eigenvalue weighted by Gasteiger charge is -2.39. The van der Waals surface area contributed by atoms with Gasteiger partial charge in [0, 0.05) is 83.8 Å². The molecule has 2 aromatic carbocycles. The third kappa shape index (κ3) is 5.34. The summed E-state index contributed by atoms with van der Waals surface area (Å²) >= 11 is 0. The molecule has 1 spiro atoms. The summed E-state index contributed by atoms with van der Waals surface area (Å²) in [6.07, 6.45) is 13.0. The molecule has 4 fully saturated rings. The zero-order valence-electron chi connectivity index (χ0n) is 28.6. The Balaban J connectivity index is 0.672. The number of nitrogens with zero attached hydrogens (tertiary/aromatic N) is 3. The van der Waals surface area contributed by atoms with Gasteiger partial charge in [-0.25, -0.2) is 4.98 Å². The average molecular weight is 694 g/mol. The fourth-order valence-corrected chi connectivity index (χ4v) is 10.1. The molecule has 0 radical (unpaired) electrons. The molecule has 0 amide bonds. The van der Waals surface area contributed by atoms with Crippen LogP contribution >= 0.6 is 0 Å². The van der Waals surface area contributed by atoms with Gasteiger partial charge >= 0.3 is 0 Å². The second-order valence-electron chi connectivity index (χ2n) is 15.2. The summed E-state index contributed by atoms with van der Waals surface area (Å²) in [6.45, 7) is 4.39. The smallest absolute Gasteiger partial charge is 0.296 e. The van der Waals surface area contributed by atoms with Gasteiger partial charge in [-0.1, -0.05) is 29.8 Å². The average Bonchev–Trinajstić information content (AvgIpc) is 3.80. The Morgan fingerprint density at radius 1 is 0.820 bits per heavy atom. The Labute approximate surface area is 293 Å². The van der Waals surface area contributed by atoms with Gasteiger partial charge in [-0.05, 0) is 80.3 Å². The van der Waals surface area contributed by atoms with E-state index in [0.717, 1.165) is 49.2 Å². The third-order valence-electron chi connectivity index (χ3n) is 12.2. The molecule has 4 aliphatic carbocycles. The Kier molecular flexibility index (Phi) is 7.62. The quantitative estimate of drug-likeness (QED) is 0.0827. The van der Waals surface area contributed by atoms with Crippen molar-refractivity contribution in [1.82, 2.24) is 14.5 Å². The second-order valence-corrected chi connectivity index (χ2v) is 16.9. The largest absolute Gasteiger partial charge is 0.474 e. The third-order valence-corrected chi connectivity index (χ3v) is 13.5. The molecule has 4 saturated carbocycles. The van der Waals surface area contributed by atoms with Crippen LogP contribution in [-0.4, -0.2) is 61.6 Å². The van der Waals surface area contributed by atoms with E-state index in [4.69, 9.17) is 18.4 Å². The van der Waals surface area contributed by atoms with Gasteiger partial charge < -0.3 is 18.8 Å². The molecule has 9 rings (SSSR count). The molecule has 0 saturated heterocycles. The molecule has 260 valence electrons. The van der Waals surface area contributed by atoms with E-state index < -0.39 is 10.1 Å². The molecule has 10 heteroatoms. The first kappa shape index (κ1) is 32.1. The van der Waals surface area contributed by atoms with Gasteiger partial charge in [0.25, 0.3) is 10.1 Å². The molecule has 50 heavy (non-hydrogen) atoms. The highest BCUT2D eigenvalue weighted by Gasteiger charge is 2.96. The van der Waals surface area contributed by atoms with Gasteiger partial charge in [-0.2, -0.15) is 8.42 Å². The summed E-state index contributed by atoms with van der Waals surface area (Å²) in [5.41, 5.74) is 6.72. The number of rotatable bonds is 15. The molecular weight excluding hydrogens is 651 g/mol. The van der Waals surface area contributed by atoms with Crippen LogP contribution in [0, 0.1) is 23.2 Å². The van der Waals surface area contributed by atoms with Crippen LogP contribution in [0.2, 0.25) is 0 Å². The summed E-state index contributed by atoms with van der Waals surface area (Å²) < 4.78 is 50.7. The van der Waals surface area contributed by atoms with E-state index in [9.17, 15) is 8.42 Å². The second kappa shape index (κ2) is 11.9. The molecular formula is C40H43N3O6S. The van der Waals surface area contributed by atoms with Crippen molar-refractivity contribution in [2.75, 3.05) is 26.4 Å². The van der Waals surface area contributed by atoms with Crippen molar-refractivity contribution in [3.8, 4) is 17.0 Å². The molecule has 5 aromatic rings. The van der Waals surface area contributed by atoms with Gasteiger partial charge in [0.1, 0.15) is 6.10 Å². The lowest BCUT2D eigenvalue weighted by molar-refractivity contribution is -0.0939. The molecule has 0 aliphatic heterocycles. The Morgan fingerprint density at radius 2 is 1.60 bits per heavy atom. The highest BCUT2D eigenvalue weighted by Crippen LogP contribution is 3.00. The minimum Gasteiger partial charge on any atom is -0.474 e. The van der Waals surface area contributed by atoms with E-state index in [1.54, 1.807) is 24.3 Å². The SMILES string of the molecule is Cc1ccc(S(=O)(=O)OCCCCOCC23CC4(CO[C@H]5C[C@H](Oc6ccc(-c7ccc8c9cnccc9n(C)c8c7)cn6)C5)CC24C3)cc1. The standard InChI is InChI=1S/C40H43N3O6S/c1-27-5-9-32(10-6-27)50(44,45)48-16-4-3-15-46-25-38-22-39(24-40(38,39)23-38)26-47-30-18-31(19-30)49-37-12-8-29(20-42-37)28-7-11-33-34-21-41-14-13-35(34)43(2)36(33)17-28/h5-14,17,20-21,30-31H,3-4,15-16,18-19,22-26H2,1-2H3/t30-,31-,38?,39?,40?. The van der Waals surface area contributed by atoms with Crippen LogP contribution in [0.25, 0.3) is 32.9 Å². The maximum absolute atomic E-state index is 12.3. The normalized spacial score (nSPS) is 27.7. The van der Waals surface area contributed by atoms with E-state index in [1.807, 2.05) is 31.6 Å². The van der Waals surface area contributed by atoms with Crippen LogP contribution in [0.5, 0.6) is 5.88 Å². The van der Waals surface area contributed by atoms with Crippen molar-refractivity contribution >= 4 is 31.9 Å². The molecule has 0 bridgehead atoms. The molecule has 3 unspecified atom stereocenters. The van der Waals surface area contributed by atoms with Gasteiger partial charge in [0.05, 0.1) is 36.3 Å². The summed E-state index contributed by atoms with van der Waals surface area (Å²) in [4.78, 5) is 9.14. The predicted molar refractivity (Wildman–Crippen MR) is 190 cm³/mol. The van der Waals surface area contributed by atoms with Crippen LogP contribution in [0.4, 0.5) is 0 Å². The van der Waals surface area contributed by atoms with Crippen molar-refractivity contribution < 1.29 is 26.8 Å². The monoisotopic (exact) mass is 693 g/mol. The van der Waals surface area contributed by atoms with E-state index >= 15 is 0 Å². The summed E-state index contributed by atoms with van der Waals surface area (Å²) in [6, 6.07) is 19.4. The Hall–Kier alpha value is -3.83. The van der Waals surface area contributed by atoms with Gasteiger partial charge in [-0.3, -0.25) is 9.17 Å². The van der Waals surface area contributed by atoms with E-state index in [0.29, 0.717) is 35.2 Å². The first-order valence-corrected chi connectivity index (χ1v) is 19.2. The highest BCUT2D eigenvalue weighted by atomic mass is 32.2. The summed E-state index contributed by atoms with van der Waals surface area (Å²) in [5, 5.41) is 2.37. The fourth-order valence-electron chi connectivity index (χ4n) is 9.12.